The molecule has 0 heterocycles. The molecular formula is C15H14ClFN2OS. The van der Waals surface area contributed by atoms with E-state index in [-0.39, 0.29) is 17.5 Å². The summed E-state index contributed by atoms with van der Waals surface area (Å²) in [6.07, 6.45) is 0. The monoisotopic (exact) mass is 324 g/mol. The third kappa shape index (κ3) is 4.95. The van der Waals surface area contributed by atoms with Gasteiger partial charge >= 0.3 is 0 Å². The number of hydrogen-bond donors (Lipinski definition) is 2. The second kappa shape index (κ2) is 7.33. The van der Waals surface area contributed by atoms with Gasteiger partial charge < -0.3 is 11.1 Å². The Labute approximate surface area is 131 Å². The highest BCUT2D eigenvalue weighted by Crippen LogP contribution is 2.28. The van der Waals surface area contributed by atoms with E-state index < -0.39 is 0 Å². The average Bonchev–Trinajstić information content (AvgIpc) is 2.47. The summed E-state index contributed by atoms with van der Waals surface area (Å²) < 4.78 is 12.8. The maximum absolute atomic E-state index is 12.8. The molecule has 2 aromatic rings. The Bertz CT molecular complexity index is 634. The van der Waals surface area contributed by atoms with Crippen LogP contribution in [0, 0.1) is 5.82 Å². The summed E-state index contributed by atoms with van der Waals surface area (Å²) in [6, 6.07) is 11.2. The van der Waals surface area contributed by atoms with Crippen molar-refractivity contribution in [2.75, 3.05) is 11.5 Å². The largest absolute Gasteiger partial charge is 0.399 e. The first-order valence-electron chi connectivity index (χ1n) is 6.23. The molecule has 0 aliphatic rings. The summed E-state index contributed by atoms with van der Waals surface area (Å²) in [7, 11) is 0. The van der Waals surface area contributed by atoms with Crippen molar-refractivity contribution in [1.82, 2.24) is 5.32 Å². The number of nitrogens with one attached hydrogen (secondary N) is 1. The van der Waals surface area contributed by atoms with Crippen molar-refractivity contribution in [3.8, 4) is 0 Å². The lowest BCUT2D eigenvalue weighted by Gasteiger charge is -2.07. The van der Waals surface area contributed by atoms with Gasteiger partial charge in [-0.25, -0.2) is 4.39 Å². The maximum Gasteiger partial charge on any atom is 0.230 e. The SMILES string of the molecule is Nc1ccc(Cl)c(SCC(=O)NCc2ccc(F)cc2)c1. The molecule has 3 N–H and O–H groups in total. The van der Waals surface area contributed by atoms with Crippen LogP contribution in [0.3, 0.4) is 0 Å². The molecule has 1 amide bonds. The minimum absolute atomic E-state index is 0.122. The lowest BCUT2D eigenvalue weighted by molar-refractivity contribution is -0.118. The number of rotatable bonds is 5. The van der Waals surface area contributed by atoms with Gasteiger partial charge in [-0.3, -0.25) is 4.79 Å². The van der Waals surface area contributed by atoms with Gasteiger partial charge in [0.1, 0.15) is 5.82 Å². The van der Waals surface area contributed by atoms with Gasteiger partial charge in [-0.05, 0) is 35.9 Å². The van der Waals surface area contributed by atoms with Crippen LogP contribution in [0.2, 0.25) is 5.02 Å². The predicted molar refractivity (Wildman–Crippen MR) is 84.8 cm³/mol. The molecule has 0 fully saturated rings. The standard InChI is InChI=1S/C15H14ClFN2OS/c16-13-6-5-12(18)7-14(13)21-9-15(20)19-8-10-1-3-11(17)4-2-10/h1-7H,8-9,18H2,(H,19,20). The van der Waals surface area contributed by atoms with E-state index in [1.807, 2.05) is 0 Å². The van der Waals surface area contributed by atoms with Crippen molar-refractivity contribution >= 4 is 35.0 Å². The second-order valence-corrected chi connectivity index (χ2v) is 5.81. The van der Waals surface area contributed by atoms with Crippen LogP contribution in [-0.4, -0.2) is 11.7 Å². The molecule has 0 saturated carbocycles. The summed E-state index contributed by atoms with van der Waals surface area (Å²) >= 11 is 7.35. The van der Waals surface area contributed by atoms with Crippen molar-refractivity contribution in [2.24, 2.45) is 0 Å². The molecule has 0 radical (unpaired) electrons. The fourth-order valence-electron chi connectivity index (χ4n) is 1.63. The fraction of sp³-hybridized carbons (Fsp3) is 0.133. The molecule has 0 spiro atoms. The van der Waals surface area contributed by atoms with Crippen molar-refractivity contribution < 1.29 is 9.18 Å². The van der Waals surface area contributed by atoms with Crippen molar-refractivity contribution in [3.05, 3.63) is 58.9 Å². The van der Waals surface area contributed by atoms with Crippen LogP contribution >= 0.6 is 23.4 Å². The number of thioether (sulfide) groups is 1. The highest BCUT2D eigenvalue weighted by Gasteiger charge is 2.06. The van der Waals surface area contributed by atoms with Crippen LogP contribution in [0.1, 0.15) is 5.56 Å². The highest BCUT2D eigenvalue weighted by molar-refractivity contribution is 8.00. The molecule has 6 heteroatoms. The minimum atomic E-state index is -0.294. The zero-order valence-electron chi connectivity index (χ0n) is 11.1. The van der Waals surface area contributed by atoms with Crippen molar-refractivity contribution in [3.63, 3.8) is 0 Å². The number of halogens is 2. The number of anilines is 1. The molecule has 2 aromatic carbocycles. The summed E-state index contributed by atoms with van der Waals surface area (Å²) in [5.74, 6) is -0.176. The molecule has 21 heavy (non-hydrogen) atoms. The first kappa shape index (κ1) is 15.7. The smallest absolute Gasteiger partial charge is 0.230 e. The zero-order chi connectivity index (χ0) is 15.2. The van der Waals surface area contributed by atoms with Crippen LogP contribution < -0.4 is 11.1 Å². The van der Waals surface area contributed by atoms with Gasteiger partial charge in [-0.1, -0.05) is 23.7 Å². The Hall–Kier alpha value is -1.72. The van der Waals surface area contributed by atoms with Gasteiger partial charge in [0.2, 0.25) is 5.91 Å². The number of carbonyl (C=O) groups is 1. The third-order valence-electron chi connectivity index (χ3n) is 2.72. The number of nitrogen functional groups attached to an aromatic ring is 1. The quantitative estimate of drug-likeness (QED) is 0.654. The summed E-state index contributed by atoms with van der Waals surface area (Å²) in [6.45, 7) is 0.365. The van der Waals surface area contributed by atoms with Crippen LogP contribution in [0.25, 0.3) is 0 Å². The van der Waals surface area contributed by atoms with Crippen LogP contribution in [0.4, 0.5) is 10.1 Å². The zero-order valence-corrected chi connectivity index (χ0v) is 12.7. The first-order chi connectivity index (χ1) is 10.0. The fourth-order valence-corrected chi connectivity index (χ4v) is 2.72. The van der Waals surface area contributed by atoms with Gasteiger partial charge in [-0.15, -0.1) is 11.8 Å². The Balaban J connectivity index is 1.82. The molecule has 0 unspecified atom stereocenters. The molecule has 0 aromatic heterocycles. The van der Waals surface area contributed by atoms with Crippen LogP contribution in [-0.2, 0) is 11.3 Å². The topological polar surface area (TPSA) is 55.1 Å². The number of benzene rings is 2. The molecule has 0 saturated heterocycles. The Morgan fingerprint density at radius 3 is 2.67 bits per heavy atom. The highest BCUT2D eigenvalue weighted by atomic mass is 35.5. The van der Waals surface area contributed by atoms with Gasteiger partial charge in [0, 0.05) is 17.1 Å². The van der Waals surface area contributed by atoms with E-state index in [1.54, 1.807) is 30.3 Å². The molecule has 0 atom stereocenters. The van der Waals surface area contributed by atoms with E-state index in [9.17, 15) is 9.18 Å². The average molecular weight is 325 g/mol. The van der Waals surface area contributed by atoms with Crippen molar-refractivity contribution in [2.45, 2.75) is 11.4 Å². The van der Waals surface area contributed by atoms with E-state index in [0.717, 1.165) is 10.5 Å². The summed E-state index contributed by atoms with van der Waals surface area (Å²) in [5.41, 5.74) is 7.13. The van der Waals surface area contributed by atoms with Crippen LogP contribution in [0.15, 0.2) is 47.4 Å². The molecule has 110 valence electrons. The van der Waals surface area contributed by atoms with E-state index in [2.05, 4.69) is 5.32 Å². The molecular weight excluding hydrogens is 311 g/mol. The van der Waals surface area contributed by atoms with Crippen LogP contribution in [0.5, 0.6) is 0 Å². The number of hydrogen-bond acceptors (Lipinski definition) is 3. The van der Waals surface area contributed by atoms with Gasteiger partial charge in [-0.2, -0.15) is 0 Å². The Morgan fingerprint density at radius 2 is 1.95 bits per heavy atom. The summed E-state index contributed by atoms with van der Waals surface area (Å²) in [4.78, 5) is 12.5. The van der Waals surface area contributed by atoms with Gasteiger partial charge in [0.15, 0.2) is 0 Å². The van der Waals surface area contributed by atoms with E-state index in [1.165, 1.54) is 23.9 Å². The molecule has 3 nitrogen and oxygen atoms in total. The molecule has 0 aliphatic carbocycles. The van der Waals surface area contributed by atoms with Gasteiger partial charge in [0.05, 0.1) is 10.8 Å². The second-order valence-electron chi connectivity index (χ2n) is 4.38. The molecule has 0 aliphatic heterocycles. The van der Waals surface area contributed by atoms with Gasteiger partial charge in [0.25, 0.3) is 0 Å². The normalized spacial score (nSPS) is 10.4. The first-order valence-corrected chi connectivity index (χ1v) is 7.60. The van der Waals surface area contributed by atoms with E-state index >= 15 is 0 Å². The number of carbonyl (C=O) groups excluding carboxylic acids is 1. The lowest BCUT2D eigenvalue weighted by atomic mass is 10.2. The van der Waals surface area contributed by atoms with E-state index in [0.29, 0.717) is 17.3 Å². The lowest BCUT2D eigenvalue weighted by Crippen LogP contribution is -2.24. The number of nitrogens with two attached hydrogens (primary N) is 1. The number of amides is 1. The Kier molecular flexibility index (Phi) is 5.47. The summed E-state index contributed by atoms with van der Waals surface area (Å²) in [5, 5.41) is 3.34. The maximum atomic E-state index is 12.8. The van der Waals surface area contributed by atoms with Crippen molar-refractivity contribution in [1.29, 1.82) is 0 Å². The molecule has 0 bridgehead atoms. The van der Waals surface area contributed by atoms with E-state index in [4.69, 9.17) is 17.3 Å². The third-order valence-corrected chi connectivity index (χ3v) is 4.21. The minimum Gasteiger partial charge on any atom is -0.399 e. The Morgan fingerprint density at radius 1 is 1.24 bits per heavy atom. The molecule has 2 rings (SSSR count). The predicted octanol–water partition coefficient (Wildman–Crippen LogP) is 3.47.